The van der Waals surface area contributed by atoms with Gasteiger partial charge in [0.1, 0.15) is 5.78 Å². The van der Waals surface area contributed by atoms with Crippen LogP contribution in [0.15, 0.2) is 0 Å². The van der Waals surface area contributed by atoms with E-state index in [0.29, 0.717) is 0 Å². The van der Waals surface area contributed by atoms with Gasteiger partial charge in [-0.15, -0.1) is 0 Å². The summed E-state index contributed by atoms with van der Waals surface area (Å²) in [5.74, 6) is -3.00. The number of Topliss-reactive ketones (excluding diaryl/α,β-unsaturated/α-hetero) is 2. The predicted molar refractivity (Wildman–Crippen MR) is 63.5 cm³/mol. The molecule has 0 spiro atoms. The molecule has 1 atom stereocenters. The molecule has 0 aliphatic carbocycles. The van der Waals surface area contributed by atoms with E-state index in [9.17, 15) is 27.2 Å². The lowest BCUT2D eigenvalue weighted by molar-refractivity contribution is -0.155. The fourth-order valence-corrected chi connectivity index (χ4v) is 1.87. The van der Waals surface area contributed by atoms with Crippen molar-refractivity contribution >= 4 is 11.6 Å². The Hall–Kier alpha value is -0.940. The molecule has 0 saturated heterocycles. The lowest BCUT2D eigenvalue weighted by atomic mass is 9.87. The molecule has 0 saturated carbocycles. The van der Waals surface area contributed by atoms with Crippen LogP contribution in [0.4, 0.5) is 17.6 Å². The van der Waals surface area contributed by atoms with Crippen LogP contribution in [0.5, 0.6) is 0 Å². The molecule has 0 aliphatic heterocycles. The number of hydrogen-bond donors (Lipinski definition) is 0. The van der Waals surface area contributed by atoms with Crippen LogP contribution in [0, 0.1) is 5.92 Å². The molecule has 19 heavy (non-hydrogen) atoms. The minimum Gasteiger partial charge on any atom is -0.299 e. The smallest absolute Gasteiger partial charge is 0.299 e. The molecular weight excluding hydrogens is 264 g/mol. The summed E-state index contributed by atoms with van der Waals surface area (Å²) in [6.45, 7) is 4.39. The Labute approximate surface area is 110 Å². The monoisotopic (exact) mass is 284 g/mol. The average molecular weight is 284 g/mol. The van der Waals surface area contributed by atoms with Crippen molar-refractivity contribution < 1.29 is 27.2 Å². The molecule has 2 nitrogen and oxygen atoms in total. The normalized spacial score (nSPS) is 14.3. The standard InChI is InChI=1S/C13H20F4O2/c1-4-9(8-13(15,16)17)10(18)7-11(19)12(14,5-2)6-3/h9H,4-8H2,1-3H3. The zero-order chi connectivity index (χ0) is 15.3. The molecule has 0 N–H and O–H groups in total. The van der Waals surface area contributed by atoms with Crippen molar-refractivity contribution in [2.45, 2.75) is 64.7 Å². The van der Waals surface area contributed by atoms with Crippen LogP contribution >= 0.6 is 0 Å². The first-order valence-corrected chi connectivity index (χ1v) is 6.41. The minimum absolute atomic E-state index is 0.0108. The van der Waals surface area contributed by atoms with Crippen LogP contribution < -0.4 is 0 Å². The highest BCUT2D eigenvalue weighted by molar-refractivity contribution is 6.03. The van der Waals surface area contributed by atoms with E-state index < -0.39 is 42.2 Å². The van der Waals surface area contributed by atoms with Gasteiger partial charge in [-0.05, 0) is 19.3 Å². The van der Waals surface area contributed by atoms with Gasteiger partial charge >= 0.3 is 6.18 Å². The molecule has 0 amide bonds. The summed E-state index contributed by atoms with van der Waals surface area (Å²) in [6, 6.07) is 0. The van der Waals surface area contributed by atoms with Gasteiger partial charge in [-0.1, -0.05) is 20.8 Å². The van der Waals surface area contributed by atoms with E-state index in [1.165, 1.54) is 20.8 Å². The van der Waals surface area contributed by atoms with E-state index in [1.54, 1.807) is 0 Å². The zero-order valence-corrected chi connectivity index (χ0v) is 11.4. The topological polar surface area (TPSA) is 34.1 Å². The summed E-state index contributed by atoms with van der Waals surface area (Å²) in [6.07, 6.45) is -6.64. The van der Waals surface area contributed by atoms with E-state index in [4.69, 9.17) is 0 Å². The number of rotatable bonds is 8. The molecule has 1 unspecified atom stereocenters. The molecule has 0 aromatic carbocycles. The van der Waals surface area contributed by atoms with Gasteiger partial charge in [0, 0.05) is 5.92 Å². The maximum absolute atomic E-state index is 14.0. The van der Waals surface area contributed by atoms with Crippen molar-refractivity contribution in [3.8, 4) is 0 Å². The number of carbonyl (C=O) groups is 2. The Morgan fingerprint density at radius 2 is 1.47 bits per heavy atom. The van der Waals surface area contributed by atoms with Crippen LogP contribution in [0.1, 0.15) is 52.9 Å². The second kappa shape index (κ2) is 7.01. The lowest BCUT2D eigenvalue weighted by Crippen LogP contribution is -2.35. The minimum atomic E-state index is -4.46. The molecular formula is C13H20F4O2. The Morgan fingerprint density at radius 3 is 1.79 bits per heavy atom. The summed E-state index contributed by atoms with van der Waals surface area (Å²) in [7, 11) is 0. The molecule has 6 heteroatoms. The SMILES string of the molecule is CCC(CC(F)(F)F)C(=O)CC(=O)C(F)(CC)CC. The summed E-state index contributed by atoms with van der Waals surface area (Å²) in [5, 5.41) is 0. The molecule has 0 rings (SSSR count). The number of hydrogen-bond acceptors (Lipinski definition) is 2. The number of ketones is 2. The van der Waals surface area contributed by atoms with Gasteiger partial charge in [0.15, 0.2) is 11.5 Å². The van der Waals surface area contributed by atoms with Gasteiger partial charge in [-0.2, -0.15) is 13.2 Å². The molecule has 0 heterocycles. The molecule has 0 fully saturated rings. The van der Waals surface area contributed by atoms with Gasteiger partial charge in [0.2, 0.25) is 0 Å². The third-order valence-corrected chi connectivity index (χ3v) is 3.38. The van der Waals surface area contributed by atoms with Crippen LogP contribution in [0.3, 0.4) is 0 Å². The van der Waals surface area contributed by atoms with Crippen molar-refractivity contribution in [1.82, 2.24) is 0 Å². The van der Waals surface area contributed by atoms with Gasteiger partial charge in [-0.3, -0.25) is 9.59 Å². The van der Waals surface area contributed by atoms with Crippen LogP contribution in [0.2, 0.25) is 0 Å². The van der Waals surface area contributed by atoms with E-state index in [1.807, 2.05) is 0 Å². The lowest BCUT2D eigenvalue weighted by Gasteiger charge is -2.21. The highest BCUT2D eigenvalue weighted by atomic mass is 19.4. The highest BCUT2D eigenvalue weighted by Crippen LogP contribution is 2.29. The summed E-state index contributed by atoms with van der Waals surface area (Å²) < 4.78 is 50.7. The summed E-state index contributed by atoms with van der Waals surface area (Å²) >= 11 is 0. The first-order chi connectivity index (χ1) is 8.59. The largest absolute Gasteiger partial charge is 0.389 e. The second-order valence-corrected chi connectivity index (χ2v) is 4.66. The van der Waals surface area contributed by atoms with Crippen LogP contribution in [0.25, 0.3) is 0 Å². The van der Waals surface area contributed by atoms with Crippen molar-refractivity contribution in [2.75, 3.05) is 0 Å². The zero-order valence-electron chi connectivity index (χ0n) is 11.4. The molecule has 0 radical (unpaired) electrons. The molecule has 0 bridgehead atoms. The van der Waals surface area contributed by atoms with Crippen LogP contribution in [-0.4, -0.2) is 23.4 Å². The Bertz CT molecular complexity index is 319. The van der Waals surface area contributed by atoms with Gasteiger partial charge in [-0.25, -0.2) is 4.39 Å². The van der Waals surface area contributed by atoms with Gasteiger partial charge in [0.05, 0.1) is 12.8 Å². The predicted octanol–water partition coefficient (Wildman–Crippen LogP) is 4.02. The van der Waals surface area contributed by atoms with E-state index in [-0.39, 0.29) is 19.3 Å². The third kappa shape index (κ3) is 5.70. The molecule has 0 aromatic rings. The fourth-order valence-electron chi connectivity index (χ4n) is 1.87. The number of alkyl halides is 4. The molecule has 112 valence electrons. The molecule has 0 aliphatic rings. The maximum Gasteiger partial charge on any atom is 0.389 e. The second-order valence-electron chi connectivity index (χ2n) is 4.66. The van der Waals surface area contributed by atoms with Gasteiger partial charge < -0.3 is 0 Å². The third-order valence-electron chi connectivity index (χ3n) is 3.38. The van der Waals surface area contributed by atoms with Crippen molar-refractivity contribution in [1.29, 1.82) is 0 Å². The summed E-state index contributed by atoms with van der Waals surface area (Å²) in [4.78, 5) is 23.3. The Balaban J connectivity index is 4.71. The fraction of sp³-hybridized carbons (Fsp3) is 0.846. The van der Waals surface area contributed by atoms with Gasteiger partial charge in [0.25, 0.3) is 0 Å². The summed E-state index contributed by atoms with van der Waals surface area (Å²) in [5.41, 5.74) is -2.10. The first-order valence-electron chi connectivity index (χ1n) is 6.41. The van der Waals surface area contributed by atoms with E-state index in [0.717, 1.165) is 0 Å². The van der Waals surface area contributed by atoms with E-state index >= 15 is 0 Å². The van der Waals surface area contributed by atoms with Crippen LogP contribution in [-0.2, 0) is 9.59 Å². The van der Waals surface area contributed by atoms with Crippen molar-refractivity contribution in [2.24, 2.45) is 5.92 Å². The van der Waals surface area contributed by atoms with E-state index in [2.05, 4.69) is 0 Å². The number of halogens is 4. The maximum atomic E-state index is 14.0. The first kappa shape index (κ1) is 18.1. The highest BCUT2D eigenvalue weighted by Gasteiger charge is 2.39. The Morgan fingerprint density at radius 1 is 1.00 bits per heavy atom. The number of carbonyl (C=O) groups excluding carboxylic acids is 2. The van der Waals surface area contributed by atoms with Crippen molar-refractivity contribution in [3.63, 3.8) is 0 Å². The Kier molecular flexibility index (Phi) is 6.66. The average Bonchev–Trinajstić information content (AvgIpc) is 2.33. The quantitative estimate of drug-likeness (QED) is 0.498. The van der Waals surface area contributed by atoms with Crippen molar-refractivity contribution in [3.05, 3.63) is 0 Å². The molecule has 0 aromatic heterocycles.